The molecule has 0 unspecified atom stereocenters. The number of aliphatic carboxylic acids is 1. The average molecular weight is 399 g/mol. The van der Waals surface area contributed by atoms with E-state index in [1.54, 1.807) is 19.9 Å². The average Bonchev–Trinajstić information content (AvgIpc) is 2.66. The molecule has 2 aromatic rings. The van der Waals surface area contributed by atoms with Gasteiger partial charge in [-0.05, 0) is 80.3 Å². The van der Waals surface area contributed by atoms with Crippen molar-refractivity contribution in [2.45, 2.75) is 77.2 Å². The molecule has 0 aromatic heterocycles. The van der Waals surface area contributed by atoms with E-state index in [9.17, 15) is 14.3 Å². The van der Waals surface area contributed by atoms with Gasteiger partial charge in [-0.3, -0.25) is 4.79 Å². The number of halogens is 1. The summed E-state index contributed by atoms with van der Waals surface area (Å²) in [7, 11) is 0. The number of hydrogen-bond acceptors (Lipinski definition) is 2. The third kappa shape index (κ3) is 4.17. The Bertz CT molecular complexity index is 880. The van der Waals surface area contributed by atoms with E-state index in [0.29, 0.717) is 11.3 Å². The van der Waals surface area contributed by atoms with E-state index >= 15 is 0 Å². The van der Waals surface area contributed by atoms with Crippen molar-refractivity contribution in [2.24, 2.45) is 0 Å². The van der Waals surface area contributed by atoms with Gasteiger partial charge in [-0.25, -0.2) is 4.39 Å². The molecule has 1 aliphatic carbocycles. The van der Waals surface area contributed by atoms with Gasteiger partial charge in [-0.2, -0.15) is 0 Å². The van der Waals surface area contributed by atoms with Crippen LogP contribution in [0.2, 0.25) is 0 Å². The Morgan fingerprint density at radius 2 is 1.86 bits per heavy atom. The molecule has 0 saturated heterocycles. The molecular formula is C25H31FO3. The molecule has 1 fully saturated rings. The summed E-state index contributed by atoms with van der Waals surface area (Å²) in [6.07, 6.45) is 4.89. The molecule has 1 saturated carbocycles. The maximum atomic E-state index is 14.9. The quantitative estimate of drug-likeness (QED) is 0.539. The summed E-state index contributed by atoms with van der Waals surface area (Å²) in [6.45, 7) is 7.54. The van der Waals surface area contributed by atoms with E-state index < -0.39 is 11.4 Å². The van der Waals surface area contributed by atoms with Crippen LogP contribution in [0.4, 0.5) is 4.39 Å². The number of rotatable bonds is 8. The Morgan fingerprint density at radius 1 is 1.17 bits per heavy atom. The van der Waals surface area contributed by atoms with Gasteiger partial charge >= 0.3 is 5.97 Å². The van der Waals surface area contributed by atoms with Gasteiger partial charge in [-0.1, -0.05) is 38.5 Å². The van der Waals surface area contributed by atoms with E-state index in [4.69, 9.17) is 4.74 Å². The second-order valence-corrected chi connectivity index (χ2v) is 8.53. The fraction of sp³-hybridized carbons (Fsp3) is 0.480. The molecule has 0 aliphatic heterocycles. The van der Waals surface area contributed by atoms with Crippen LogP contribution in [0, 0.1) is 5.82 Å². The van der Waals surface area contributed by atoms with Crippen LogP contribution in [0.5, 0.6) is 5.75 Å². The fourth-order valence-electron chi connectivity index (χ4n) is 3.87. The Kier molecular flexibility index (Phi) is 6.30. The largest absolute Gasteiger partial charge is 0.490 e. The van der Waals surface area contributed by atoms with Gasteiger partial charge in [0.2, 0.25) is 0 Å². The molecule has 3 nitrogen and oxygen atoms in total. The first-order chi connectivity index (χ1) is 13.8. The van der Waals surface area contributed by atoms with Crippen molar-refractivity contribution in [2.75, 3.05) is 0 Å². The summed E-state index contributed by atoms with van der Waals surface area (Å²) in [4.78, 5) is 11.8. The third-order valence-electron chi connectivity index (χ3n) is 6.30. The summed E-state index contributed by atoms with van der Waals surface area (Å²) < 4.78 is 21.1. The minimum atomic E-state index is -1.05. The number of carboxylic acids is 1. The van der Waals surface area contributed by atoms with Crippen LogP contribution in [0.15, 0.2) is 36.4 Å². The highest BCUT2D eigenvalue weighted by Gasteiger charge is 2.32. The van der Waals surface area contributed by atoms with Gasteiger partial charge < -0.3 is 9.84 Å². The lowest BCUT2D eigenvalue weighted by molar-refractivity contribution is -0.142. The summed E-state index contributed by atoms with van der Waals surface area (Å²) in [6, 6.07) is 10.7. The first-order valence-corrected chi connectivity index (χ1v) is 10.6. The lowest BCUT2D eigenvalue weighted by Gasteiger charge is -2.30. The zero-order chi connectivity index (χ0) is 21.2. The summed E-state index contributed by atoms with van der Waals surface area (Å²) >= 11 is 0. The smallest absolute Gasteiger partial charge is 0.313 e. The number of carbonyl (C=O) groups is 1. The topological polar surface area (TPSA) is 46.5 Å². The highest BCUT2D eigenvalue weighted by atomic mass is 19.1. The molecule has 0 atom stereocenters. The van der Waals surface area contributed by atoms with Crippen LogP contribution >= 0.6 is 0 Å². The van der Waals surface area contributed by atoms with Crippen molar-refractivity contribution < 1.29 is 19.0 Å². The summed E-state index contributed by atoms with van der Waals surface area (Å²) in [5.74, 6) is -0.183. The molecule has 0 spiro atoms. The predicted molar refractivity (Wildman–Crippen MR) is 114 cm³/mol. The normalized spacial score (nSPS) is 14.7. The summed E-state index contributed by atoms with van der Waals surface area (Å²) in [5.41, 5.74) is 1.97. The van der Waals surface area contributed by atoms with Gasteiger partial charge in [-0.15, -0.1) is 0 Å². The van der Waals surface area contributed by atoms with E-state index in [0.717, 1.165) is 48.8 Å². The minimum Gasteiger partial charge on any atom is -0.490 e. The molecule has 2 aromatic carbocycles. The zero-order valence-electron chi connectivity index (χ0n) is 17.8. The van der Waals surface area contributed by atoms with Crippen molar-refractivity contribution in [3.05, 3.63) is 53.3 Å². The monoisotopic (exact) mass is 398 g/mol. The van der Waals surface area contributed by atoms with Gasteiger partial charge in [0.05, 0.1) is 11.5 Å². The summed E-state index contributed by atoms with van der Waals surface area (Å²) in [5, 5.41) is 9.69. The highest BCUT2D eigenvalue weighted by molar-refractivity contribution is 5.82. The lowest BCUT2D eigenvalue weighted by atomic mass is 9.76. The molecular weight excluding hydrogens is 367 g/mol. The second kappa shape index (κ2) is 8.56. The predicted octanol–water partition coefficient (Wildman–Crippen LogP) is 6.69. The minimum absolute atomic E-state index is 0.0628. The van der Waals surface area contributed by atoms with Crippen LogP contribution < -0.4 is 4.74 Å². The molecule has 29 heavy (non-hydrogen) atoms. The van der Waals surface area contributed by atoms with E-state index in [-0.39, 0.29) is 17.8 Å². The van der Waals surface area contributed by atoms with Crippen molar-refractivity contribution in [1.82, 2.24) is 0 Å². The number of benzene rings is 2. The van der Waals surface area contributed by atoms with Crippen LogP contribution in [0.3, 0.4) is 0 Å². The van der Waals surface area contributed by atoms with Gasteiger partial charge in [0.15, 0.2) is 0 Å². The van der Waals surface area contributed by atoms with E-state index in [1.807, 2.05) is 24.3 Å². The number of ether oxygens (including phenoxy) is 1. The SMILES string of the molecule is CCC(CC)Oc1ccc(C(C)(C)C(=O)O)cc1-c1cccc(F)c1C1CCC1. The Labute approximate surface area is 172 Å². The molecule has 4 heteroatoms. The van der Waals surface area contributed by atoms with Crippen molar-refractivity contribution in [1.29, 1.82) is 0 Å². The molecule has 156 valence electrons. The van der Waals surface area contributed by atoms with Crippen molar-refractivity contribution >= 4 is 5.97 Å². The van der Waals surface area contributed by atoms with Gasteiger partial charge in [0.1, 0.15) is 11.6 Å². The lowest BCUT2D eigenvalue weighted by Crippen LogP contribution is -2.28. The highest BCUT2D eigenvalue weighted by Crippen LogP contribution is 2.45. The maximum Gasteiger partial charge on any atom is 0.313 e. The van der Waals surface area contributed by atoms with Crippen LogP contribution in [-0.4, -0.2) is 17.2 Å². The first kappa shape index (κ1) is 21.4. The Morgan fingerprint density at radius 3 is 2.41 bits per heavy atom. The second-order valence-electron chi connectivity index (χ2n) is 8.53. The van der Waals surface area contributed by atoms with Gasteiger partial charge in [0.25, 0.3) is 0 Å². The Balaban J connectivity index is 2.19. The van der Waals surface area contributed by atoms with Gasteiger partial charge in [0, 0.05) is 5.56 Å². The van der Waals surface area contributed by atoms with E-state index in [2.05, 4.69) is 13.8 Å². The number of carboxylic acid groups (broad SMARTS) is 1. The fourth-order valence-corrected chi connectivity index (χ4v) is 3.87. The molecule has 1 N–H and O–H groups in total. The standard InChI is InChI=1S/C25H31FO3/c1-5-18(6-2)29-22-14-13-17(25(3,4)24(27)28)15-20(22)19-11-8-12-21(26)23(19)16-9-7-10-16/h8,11-16,18H,5-7,9-10H2,1-4H3,(H,27,28). The van der Waals surface area contributed by atoms with Crippen LogP contribution in [-0.2, 0) is 10.2 Å². The molecule has 0 radical (unpaired) electrons. The molecule has 0 heterocycles. The molecule has 0 bridgehead atoms. The molecule has 1 aliphatic rings. The van der Waals surface area contributed by atoms with Crippen molar-refractivity contribution in [3.63, 3.8) is 0 Å². The third-order valence-corrected chi connectivity index (χ3v) is 6.30. The van der Waals surface area contributed by atoms with E-state index in [1.165, 1.54) is 6.07 Å². The van der Waals surface area contributed by atoms with Crippen LogP contribution in [0.25, 0.3) is 11.1 Å². The van der Waals surface area contributed by atoms with Crippen molar-refractivity contribution in [3.8, 4) is 16.9 Å². The number of hydrogen-bond donors (Lipinski definition) is 1. The molecule has 0 amide bonds. The zero-order valence-corrected chi connectivity index (χ0v) is 17.8. The maximum absolute atomic E-state index is 14.9. The Hall–Kier alpha value is -2.36. The molecule has 3 rings (SSSR count). The first-order valence-electron chi connectivity index (χ1n) is 10.6. The van der Waals surface area contributed by atoms with Crippen LogP contribution in [0.1, 0.15) is 76.8 Å².